The molecule has 0 aromatic heterocycles. The lowest BCUT2D eigenvalue weighted by Crippen LogP contribution is -2.61. The Kier molecular flexibility index (Phi) is 28.4. The first kappa shape index (κ1) is 67.8. The topological polar surface area (TPSA) is 463 Å². The Balaban J connectivity index is 0.00000126. The maximum atomic E-state index is 14.5. The number of nitrogens with two attached hydrogens (primary N) is 5. The maximum Gasteiger partial charge on any atom is 0.320 e. The van der Waals surface area contributed by atoms with Gasteiger partial charge in [0.05, 0.1) is 19.0 Å². The van der Waals surface area contributed by atoms with E-state index in [4.69, 9.17) is 33.8 Å². The fraction of sp³-hybridized carbons (Fsp3) is 0.538. The lowest BCUT2D eigenvalue weighted by atomic mass is 9.96. The van der Waals surface area contributed by atoms with Gasteiger partial charge >= 0.3 is 5.97 Å². The van der Waals surface area contributed by atoms with E-state index in [0.717, 1.165) is 27.2 Å². The molecule has 2 aliphatic rings. The van der Waals surface area contributed by atoms with Gasteiger partial charge in [0.1, 0.15) is 54.1 Å². The van der Waals surface area contributed by atoms with Crippen LogP contribution in [0.15, 0.2) is 54.6 Å². The highest BCUT2D eigenvalue weighted by atomic mass is 33.1. The first-order valence-electron chi connectivity index (χ1n) is 26.3. The minimum absolute atomic E-state index is 0.0468. The number of amides is 11. The average Bonchev–Trinajstić information content (AvgIpc) is 3.91. The van der Waals surface area contributed by atoms with Gasteiger partial charge in [-0.1, -0.05) is 98.2 Å². The van der Waals surface area contributed by atoms with Crippen molar-refractivity contribution < 1.29 is 67.7 Å². The number of hydrogen-bond acceptors (Lipinski definition) is 17. The van der Waals surface area contributed by atoms with Crippen molar-refractivity contribution in [1.82, 2.24) is 42.1 Å². The predicted molar refractivity (Wildman–Crippen MR) is 300 cm³/mol. The van der Waals surface area contributed by atoms with E-state index in [1.54, 1.807) is 13.8 Å². The number of hydrogen-bond donors (Lipinski definition) is 14. The van der Waals surface area contributed by atoms with E-state index in [1.165, 1.54) is 29.2 Å². The summed E-state index contributed by atoms with van der Waals surface area (Å²) in [6.45, 7) is 6.60. The largest absolute Gasteiger partial charge is 0.508 e. The molecule has 4 rings (SSSR count). The van der Waals surface area contributed by atoms with Crippen molar-refractivity contribution >= 4 is 92.5 Å². The molecule has 446 valence electrons. The number of carboxylic acid groups (broad SMARTS) is 1. The van der Waals surface area contributed by atoms with Gasteiger partial charge in [0.2, 0.25) is 65.0 Å². The maximum absolute atomic E-state index is 14.5. The second kappa shape index (κ2) is 33.9. The van der Waals surface area contributed by atoms with Crippen LogP contribution >= 0.6 is 21.6 Å². The lowest BCUT2D eigenvalue weighted by molar-refractivity contribution is -0.142. The van der Waals surface area contributed by atoms with Crippen molar-refractivity contribution in [1.29, 1.82) is 0 Å². The molecular formula is C52H77N13O14S2. The van der Waals surface area contributed by atoms with Gasteiger partial charge in [0.15, 0.2) is 0 Å². The molecule has 2 heterocycles. The predicted octanol–water partition coefficient (Wildman–Crippen LogP) is -2.97. The summed E-state index contributed by atoms with van der Waals surface area (Å²) in [5, 5.41) is 36.2. The highest BCUT2D eigenvalue weighted by Gasteiger charge is 2.41. The van der Waals surface area contributed by atoms with Gasteiger partial charge in [0, 0.05) is 30.9 Å². The van der Waals surface area contributed by atoms with Crippen LogP contribution in [-0.2, 0) is 70.4 Å². The smallest absolute Gasteiger partial charge is 0.320 e. The fourth-order valence-electron chi connectivity index (χ4n) is 8.30. The Morgan fingerprint density at radius 1 is 0.741 bits per heavy atom. The summed E-state index contributed by atoms with van der Waals surface area (Å²) in [6.07, 6.45) is -0.308. The molecule has 0 radical (unpaired) electrons. The summed E-state index contributed by atoms with van der Waals surface area (Å²) >= 11 is 0. The van der Waals surface area contributed by atoms with E-state index < -0.39 is 157 Å². The third-order valence-electron chi connectivity index (χ3n) is 12.9. The molecule has 2 aromatic carbocycles. The second-order valence-corrected chi connectivity index (χ2v) is 22.6. The van der Waals surface area contributed by atoms with Crippen molar-refractivity contribution in [3.05, 3.63) is 65.7 Å². The first-order valence-corrected chi connectivity index (χ1v) is 28.7. The highest BCUT2D eigenvalue weighted by molar-refractivity contribution is 8.76. The Hall–Kier alpha value is -7.50. The van der Waals surface area contributed by atoms with Gasteiger partial charge in [-0.05, 0) is 67.2 Å². The zero-order chi connectivity index (χ0) is 60.5. The Bertz CT molecular complexity index is 2530. The van der Waals surface area contributed by atoms with Gasteiger partial charge in [0.25, 0.3) is 0 Å². The Morgan fingerprint density at radius 2 is 1.35 bits per heavy atom. The third-order valence-corrected chi connectivity index (χ3v) is 15.3. The number of carbonyl (C=O) groups excluding carboxylic acids is 11. The van der Waals surface area contributed by atoms with Gasteiger partial charge in [-0.2, -0.15) is 0 Å². The molecule has 29 heteroatoms. The summed E-state index contributed by atoms with van der Waals surface area (Å²) < 4.78 is 0. The Labute approximate surface area is 477 Å². The van der Waals surface area contributed by atoms with Crippen LogP contribution in [0.5, 0.6) is 5.75 Å². The number of carboxylic acids is 1. The molecule has 81 heavy (non-hydrogen) atoms. The van der Waals surface area contributed by atoms with Crippen LogP contribution in [0.2, 0.25) is 0 Å². The summed E-state index contributed by atoms with van der Waals surface area (Å²) in [5.41, 5.74) is 29.2. The zero-order valence-corrected chi connectivity index (χ0v) is 47.3. The first-order chi connectivity index (χ1) is 38.2. The molecular weight excluding hydrogens is 1090 g/mol. The molecule has 19 N–H and O–H groups in total. The Morgan fingerprint density at radius 3 is 1.94 bits per heavy atom. The number of rotatable bonds is 20. The number of likely N-dealkylation sites (tertiary alicyclic amines) is 1. The summed E-state index contributed by atoms with van der Waals surface area (Å²) in [7, 11) is 2.05. The minimum atomic E-state index is -1.75. The summed E-state index contributed by atoms with van der Waals surface area (Å²) in [6, 6.07) is 3.50. The number of carbonyl (C=O) groups is 12. The van der Waals surface area contributed by atoms with Crippen LogP contribution in [0, 0.1) is 11.8 Å². The second-order valence-electron chi connectivity index (χ2n) is 20.0. The average molecular weight is 1170 g/mol. The van der Waals surface area contributed by atoms with E-state index in [0.29, 0.717) is 24.8 Å². The molecule has 0 spiro atoms. The van der Waals surface area contributed by atoms with Crippen LogP contribution < -0.4 is 65.9 Å². The number of phenolic OH excluding ortho intramolecular Hbond substituents is 1. The molecule has 27 nitrogen and oxygen atoms in total. The van der Waals surface area contributed by atoms with Crippen molar-refractivity contribution in [3.63, 3.8) is 0 Å². The van der Waals surface area contributed by atoms with Gasteiger partial charge in [-0.3, -0.25) is 57.5 Å². The van der Waals surface area contributed by atoms with Gasteiger partial charge in [-0.25, -0.2) is 0 Å². The zero-order valence-electron chi connectivity index (χ0n) is 45.7. The molecule has 2 aliphatic heterocycles. The molecule has 2 aromatic rings. The highest BCUT2D eigenvalue weighted by Crippen LogP contribution is 2.26. The molecule has 0 bridgehead atoms. The number of aliphatic carboxylic acids is 1. The standard InChI is InChI=1S/C43H66N12O12S2.C9H11NO2/c1-5-22(4)35-42(66)49-26(12-13-32(45)57)38(62)51-29(17-33(46)58)39(63)53-30(20-69-68-19-25(44)36(60)50-28(40(64)54-35)16-23-8-10-24(56)11-9-23)43(67)55-14-6-7-31(55)41(65)52-27(15-21(2)3)37(61)48-18-34(47)59;10-8(9(11)12)6-7-4-2-1-3-5-7/h8-11,21-22,25-31,35,56H,5-7,12-20,44H2,1-4H3,(H2,45,57)(H2,46,58)(H2,47,59)(H,48,61)(H,49,66)(H,50,60)(H,51,62)(H,52,65)(H,53,63)(H,54,64);1-5,8H,6,10H2,(H,11,12)/t22-,25-,26-,27-,28-,29-,30-,31-,35-;/m0./s1. The number of aromatic hydroxyl groups is 1. The summed E-state index contributed by atoms with van der Waals surface area (Å²) in [5.74, 6) is -11.3. The van der Waals surface area contributed by atoms with Crippen molar-refractivity contribution in [2.75, 3.05) is 24.6 Å². The molecule has 2 saturated heterocycles. The molecule has 0 aliphatic carbocycles. The third kappa shape index (κ3) is 23.6. The molecule has 1 unspecified atom stereocenters. The van der Waals surface area contributed by atoms with E-state index in [9.17, 15) is 62.6 Å². The van der Waals surface area contributed by atoms with Crippen LogP contribution in [0.25, 0.3) is 0 Å². The van der Waals surface area contributed by atoms with Crippen LogP contribution in [0.4, 0.5) is 0 Å². The van der Waals surface area contributed by atoms with Crippen LogP contribution in [0.3, 0.4) is 0 Å². The normalized spacial score (nSPS) is 22.5. The molecule has 2 fully saturated rings. The number of primary amides is 3. The van der Waals surface area contributed by atoms with Crippen LogP contribution in [0.1, 0.15) is 83.8 Å². The van der Waals surface area contributed by atoms with E-state index in [2.05, 4.69) is 37.2 Å². The van der Waals surface area contributed by atoms with Gasteiger partial charge < -0.3 is 81.0 Å². The quantitative estimate of drug-likeness (QED) is 0.0589. The SMILES string of the molecule is CC[C@H](C)[C@@H]1NC(=O)[C@H](Cc2ccc(O)cc2)NC(=O)[C@@H](N)CSSC[C@@H](C(=O)N2CCC[C@H]2C(=O)N[C@@H](CC(C)C)C(=O)NCC(N)=O)NC(=O)[C@H](CC(N)=O)NC(=O)[C@H](CCC(N)=O)NC1=O.NC(Cc1ccccc1)C(=O)O. The van der Waals surface area contributed by atoms with E-state index in [-0.39, 0.29) is 49.0 Å². The molecule has 0 saturated carbocycles. The number of nitrogens with zero attached hydrogens (tertiary/aromatic N) is 1. The van der Waals surface area contributed by atoms with Crippen molar-refractivity contribution in [2.45, 2.75) is 140 Å². The van der Waals surface area contributed by atoms with E-state index >= 15 is 0 Å². The number of nitrogens with one attached hydrogen (secondary N) is 7. The van der Waals surface area contributed by atoms with Crippen molar-refractivity contribution in [3.8, 4) is 5.75 Å². The summed E-state index contributed by atoms with van der Waals surface area (Å²) in [4.78, 5) is 158. The monoisotopic (exact) mass is 1170 g/mol. The van der Waals surface area contributed by atoms with Crippen LogP contribution in [-0.4, -0.2) is 165 Å². The number of benzene rings is 2. The van der Waals surface area contributed by atoms with E-state index in [1.807, 2.05) is 44.2 Å². The van der Waals surface area contributed by atoms with Crippen molar-refractivity contribution in [2.24, 2.45) is 40.5 Å². The fourth-order valence-corrected chi connectivity index (χ4v) is 10.6. The number of phenols is 1. The molecule has 11 amide bonds. The lowest BCUT2D eigenvalue weighted by Gasteiger charge is -2.31. The minimum Gasteiger partial charge on any atom is -0.508 e. The van der Waals surface area contributed by atoms with Gasteiger partial charge in [-0.15, -0.1) is 0 Å². The molecule has 10 atom stereocenters.